The molecule has 1 heterocycles. The van der Waals surface area contributed by atoms with E-state index in [0.717, 1.165) is 12.1 Å². The molecule has 158 valence electrons. The van der Waals surface area contributed by atoms with Gasteiger partial charge in [-0.2, -0.15) is 26.3 Å². The predicted octanol–water partition coefficient (Wildman–Crippen LogP) is 5.56. The summed E-state index contributed by atoms with van der Waals surface area (Å²) in [4.78, 5) is 1.97. The molecular weight excluding hydrogens is 417 g/mol. The van der Waals surface area contributed by atoms with Crippen molar-refractivity contribution in [3.63, 3.8) is 0 Å². The Morgan fingerprint density at radius 1 is 0.926 bits per heavy atom. The maximum absolute atomic E-state index is 13.1. The fourth-order valence-electron chi connectivity index (χ4n) is 3.23. The number of hydrogen-bond donors (Lipinski definition) is 1. The zero-order valence-corrected chi connectivity index (χ0v) is 16.6. The van der Waals surface area contributed by atoms with Crippen molar-refractivity contribution in [3.8, 4) is 0 Å². The fourth-order valence-corrected chi connectivity index (χ4v) is 3.23. The average Bonchev–Trinajstić information content (AvgIpc) is 2.54. The summed E-state index contributed by atoms with van der Waals surface area (Å²) in [6.45, 7) is 6.26. The largest absolute Gasteiger partial charge is 0.416 e. The van der Waals surface area contributed by atoms with Gasteiger partial charge in [-0.1, -0.05) is 20.3 Å². The Labute approximate surface area is 167 Å². The third kappa shape index (κ3) is 6.69. The van der Waals surface area contributed by atoms with E-state index in [4.69, 9.17) is 0 Å². The molecule has 27 heavy (non-hydrogen) atoms. The van der Waals surface area contributed by atoms with Gasteiger partial charge in [-0.15, -0.1) is 24.8 Å². The number of piperazine rings is 1. The number of hydrogen-bond acceptors (Lipinski definition) is 2. The van der Waals surface area contributed by atoms with Crippen LogP contribution in [0.25, 0.3) is 0 Å². The van der Waals surface area contributed by atoms with Crippen LogP contribution in [0, 0.1) is 5.92 Å². The third-order valence-corrected chi connectivity index (χ3v) is 4.68. The topological polar surface area (TPSA) is 15.3 Å². The van der Waals surface area contributed by atoms with E-state index in [0.29, 0.717) is 32.6 Å². The van der Waals surface area contributed by atoms with Gasteiger partial charge < -0.3 is 5.32 Å². The summed E-state index contributed by atoms with van der Waals surface area (Å²) in [5.74, 6) is -0.0670. The zero-order valence-electron chi connectivity index (χ0n) is 15.0. The zero-order chi connectivity index (χ0) is 18.8. The SMILES string of the molecule is CCC(C)[C@H](c1cc(C(F)(F)F)cc(C(F)(F)F)c1)N1CCNCC1.Cl.Cl. The number of alkyl halides is 6. The molecule has 1 aromatic carbocycles. The average molecular weight is 441 g/mol. The smallest absolute Gasteiger partial charge is 0.314 e. The Bertz CT molecular complexity index is 554. The van der Waals surface area contributed by atoms with E-state index in [9.17, 15) is 26.3 Å². The van der Waals surface area contributed by atoms with Gasteiger partial charge in [0.1, 0.15) is 0 Å². The first-order chi connectivity index (χ1) is 11.5. The molecule has 0 aromatic heterocycles. The minimum atomic E-state index is -4.82. The molecule has 0 bridgehead atoms. The highest BCUT2D eigenvalue weighted by molar-refractivity contribution is 5.85. The standard InChI is InChI=1S/C17H22F6N2.2ClH/c1-3-11(2)15(25-6-4-24-5-7-25)12-8-13(16(18,19)20)10-14(9-12)17(21,22)23;;/h8-11,15,24H,3-7H2,1-2H3;2*1H/t11?,15-;;/m1../s1. The Morgan fingerprint density at radius 2 is 1.37 bits per heavy atom. The first kappa shape index (κ1) is 26.3. The Hall–Kier alpha value is -0.700. The lowest BCUT2D eigenvalue weighted by atomic mass is 9.88. The van der Waals surface area contributed by atoms with E-state index in [1.54, 1.807) is 0 Å². The van der Waals surface area contributed by atoms with Crippen LogP contribution in [0.2, 0.25) is 0 Å². The summed E-state index contributed by atoms with van der Waals surface area (Å²) < 4.78 is 78.8. The van der Waals surface area contributed by atoms with Gasteiger partial charge in [0.05, 0.1) is 11.1 Å². The highest BCUT2D eigenvalue weighted by Crippen LogP contribution is 2.40. The van der Waals surface area contributed by atoms with Gasteiger partial charge in [-0.05, 0) is 29.7 Å². The Balaban J connectivity index is 0.00000338. The second kappa shape index (κ2) is 10.2. The molecule has 2 nitrogen and oxygen atoms in total. The van der Waals surface area contributed by atoms with Crippen molar-refractivity contribution in [1.82, 2.24) is 10.2 Å². The van der Waals surface area contributed by atoms with Crippen LogP contribution in [0.15, 0.2) is 18.2 Å². The number of nitrogens with zero attached hydrogens (tertiary/aromatic N) is 1. The van der Waals surface area contributed by atoms with E-state index in [1.165, 1.54) is 0 Å². The fraction of sp³-hybridized carbons (Fsp3) is 0.647. The quantitative estimate of drug-likeness (QED) is 0.616. The monoisotopic (exact) mass is 440 g/mol. The summed E-state index contributed by atoms with van der Waals surface area (Å²) in [6.07, 6.45) is -8.98. The number of rotatable bonds is 4. The van der Waals surface area contributed by atoms with Crippen molar-refractivity contribution < 1.29 is 26.3 Å². The van der Waals surface area contributed by atoms with E-state index in [1.807, 2.05) is 18.7 Å². The molecule has 1 aliphatic rings. The lowest BCUT2D eigenvalue weighted by Gasteiger charge is -2.39. The molecule has 10 heteroatoms. The molecule has 0 spiro atoms. The molecule has 0 aliphatic carbocycles. The Kier molecular flexibility index (Phi) is 9.92. The first-order valence-corrected chi connectivity index (χ1v) is 8.28. The van der Waals surface area contributed by atoms with Crippen LogP contribution in [0.3, 0.4) is 0 Å². The Morgan fingerprint density at radius 3 is 1.74 bits per heavy atom. The normalized spacial score (nSPS) is 18.2. The number of nitrogens with one attached hydrogen (secondary N) is 1. The third-order valence-electron chi connectivity index (χ3n) is 4.68. The van der Waals surface area contributed by atoms with Crippen molar-refractivity contribution in [3.05, 3.63) is 34.9 Å². The van der Waals surface area contributed by atoms with Gasteiger partial charge in [0.2, 0.25) is 0 Å². The van der Waals surface area contributed by atoms with Crippen molar-refractivity contribution in [2.24, 2.45) is 5.92 Å². The summed E-state index contributed by atoms with van der Waals surface area (Å²) in [5.41, 5.74) is -2.42. The van der Waals surface area contributed by atoms with Crippen LogP contribution in [-0.4, -0.2) is 31.1 Å². The van der Waals surface area contributed by atoms with Crippen molar-refractivity contribution in [2.75, 3.05) is 26.2 Å². The summed E-state index contributed by atoms with van der Waals surface area (Å²) >= 11 is 0. The van der Waals surface area contributed by atoms with E-state index in [2.05, 4.69) is 5.32 Å². The molecule has 0 saturated carbocycles. The van der Waals surface area contributed by atoms with Gasteiger partial charge >= 0.3 is 12.4 Å². The molecule has 2 atom stereocenters. The highest BCUT2D eigenvalue weighted by atomic mass is 35.5. The van der Waals surface area contributed by atoms with Crippen LogP contribution in [0.1, 0.15) is 43.0 Å². The van der Waals surface area contributed by atoms with Crippen molar-refractivity contribution in [2.45, 2.75) is 38.7 Å². The second-order valence-corrected chi connectivity index (χ2v) is 6.46. The second-order valence-electron chi connectivity index (χ2n) is 6.46. The number of benzene rings is 1. The maximum Gasteiger partial charge on any atom is 0.416 e. The molecule has 0 amide bonds. The molecule has 1 saturated heterocycles. The van der Waals surface area contributed by atoms with Crippen molar-refractivity contribution in [1.29, 1.82) is 0 Å². The van der Waals surface area contributed by atoms with Gasteiger partial charge in [-0.3, -0.25) is 4.90 Å². The van der Waals surface area contributed by atoms with E-state index >= 15 is 0 Å². The van der Waals surface area contributed by atoms with E-state index < -0.39 is 29.5 Å². The molecule has 0 radical (unpaired) electrons. The maximum atomic E-state index is 13.1. The molecule has 1 unspecified atom stereocenters. The minimum Gasteiger partial charge on any atom is -0.314 e. The predicted molar refractivity (Wildman–Crippen MR) is 97.6 cm³/mol. The van der Waals surface area contributed by atoms with Crippen LogP contribution in [-0.2, 0) is 12.4 Å². The summed E-state index contributed by atoms with van der Waals surface area (Å²) in [5, 5.41) is 3.15. The molecule has 1 aliphatic heterocycles. The van der Waals surface area contributed by atoms with Crippen LogP contribution < -0.4 is 5.32 Å². The van der Waals surface area contributed by atoms with Crippen LogP contribution >= 0.6 is 24.8 Å². The van der Waals surface area contributed by atoms with Gasteiger partial charge in [0, 0.05) is 32.2 Å². The van der Waals surface area contributed by atoms with Crippen molar-refractivity contribution >= 4 is 24.8 Å². The summed E-state index contributed by atoms with van der Waals surface area (Å²) in [6, 6.07) is 1.45. The van der Waals surface area contributed by atoms with E-state index in [-0.39, 0.29) is 42.4 Å². The van der Waals surface area contributed by atoms with Gasteiger partial charge in [0.25, 0.3) is 0 Å². The van der Waals surface area contributed by atoms with Crippen LogP contribution in [0.4, 0.5) is 26.3 Å². The molecule has 1 aromatic rings. The molecule has 1 N–H and O–H groups in total. The molecular formula is C17H24Cl2F6N2. The van der Waals surface area contributed by atoms with Crippen LogP contribution in [0.5, 0.6) is 0 Å². The molecule has 1 fully saturated rings. The van der Waals surface area contributed by atoms with Gasteiger partial charge in [-0.25, -0.2) is 0 Å². The lowest BCUT2D eigenvalue weighted by Crippen LogP contribution is -2.46. The first-order valence-electron chi connectivity index (χ1n) is 8.28. The lowest BCUT2D eigenvalue weighted by molar-refractivity contribution is -0.143. The van der Waals surface area contributed by atoms with Gasteiger partial charge in [0.15, 0.2) is 0 Å². The summed E-state index contributed by atoms with van der Waals surface area (Å²) in [7, 11) is 0. The highest BCUT2D eigenvalue weighted by Gasteiger charge is 2.38. The number of halogens is 8. The molecule has 2 rings (SSSR count). The minimum absolute atomic E-state index is 0.